The summed E-state index contributed by atoms with van der Waals surface area (Å²) in [6.07, 6.45) is 5.56. The second-order valence-corrected chi connectivity index (χ2v) is 9.40. The van der Waals surface area contributed by atoms with E-state index in [4.69, 9.17) is 0 Å². The normalized spacial score (nSPS) is 14.4. The molecule has 0 saturated heterocycles. The van der Waals surface area contributed by atoms with E-state index in [1.54, 1.807) is 31.2 Å². The molecule has 0 bridgehead atoms. The molecule has 27 heavy (non-hydrogen) atoms. The van der Waals surface area contributed by atoms with Crippen molar-refractivity contribution in [1.29, 1.82) is 0 Å². The van der Waals surface area contributed by atoms with Gasteiger partial charge in [-0.1, -0.05) is 18.2 Å². The number of fused-ring (bicyclic) bond motifs is 1. The Labute approximate surface area is 164 Å². The second kappa shape index (κ2) is 8.43. The van der Waals surface area contributed by atoms with E-state index >= 15 is 0 Å². The zero-order chi connectivity index (χ0) is 19.4. The van der Waals surface area contributed by atoms with Crippen molar-refractivity contribution in [2.75, 3.05) is 22.9 Å². The maximum absolute atomic E-state index is 12.5. The predicted molar refractivity (Wildman–Crippen MR) is 107 cm³/mol. The van der Waals surface area contributed by atoms with Crippen LogP contribution in [0.2, 0.25) is 0 Å². The highest BCUT2D eigenvalue weighted by Gasteiger charge is 2.18. The molecule has 1 aliphatic rings. The molecule has 0 spiro atoms. The number of rotatable bonds is 7. The van der Waals surface area contributed by atoms with Crippen molar-refractivity contribution in [3.63, 3.8) is 0 Å². The SMILES string of the molecule is CCN(c1ccc(C(=O)CSc2nnc3n2CCCCC3)cc1)S(C)(=O)=O. The fraction of sp³-hybridized carbons (Fsp3) is 0.500. The summed E-state index contributed by atoms with van der Waals surface area (Å²) < 4.78 is 27.0. The molecule has 0 saturated carbocycles. The molecule has 0 aliphatic carbocycles. The van der Waals surface area contributed by atoms with Crippen LogP contribution in [-0.4, -0.2) is 47.5 Å². The van der Waals surface area contributed by atoms with Gasteiger partial charge in [-0.3, -0.25) is 9.10 Å². The van der Waals surface area contributed by atoms with E-state index < -0.39 is 10.0 Å². The van der Waals surface area contributed by atoms with Gasteiger partial charge in [0.1, 0.15) is 5.82 Å². The number of benzene rings is 1. The van der Waals surface area contributed by atoms with Gasteiger partial charge in [0.25, 0.3) is 0 Å². The third kappa shape index (κ3) is 4.70. The molecule has 2 aromatic rings. The molecule has 0 fully saturated rings. The van der Waals surface area contributed by atoms with Crippen LogP contribution in [0.25, 0.3) is 0 Å². The Morgan fingerprint density at radius 2 is 1.93 bits per heavy atom. The van der Waals surface area contributed by atoms with E-state index in [0.29, 0.717) is 17.8 Å². The van der Waals surface area contributed by atoms with Gasteiger partial charge in [-0.2, -0.15) is 0 Å². The Morgan fingerprint density at radius 1 is 1.19 bits per heavy atom. The average molecular weight is 409 g/mol. The lowest BCUT2D eigenvalue weighted by Crippen LogP contribution is -2.29. The molecular weight excluding hydrogens is 384 g/mol. The van der Waals surface area contributed by atoms with Gasteiger partial charge in [0.2, 0.25) is 10.0 Å². The van der Waals surface area contributed by atoms with Gasteiger partial charge in [-0.15, -0.1) is 10.2 Å². The van der Waals surface area contributed by atoms with Crippen LogP contribution in [0, 0.1) is 0 Å². The zero-order valence-corrected chi connectivity index (χ0v) is 17.2. The smallest absolute Gasteiger partial charge is 0.232 e. The molecular formula is C18H24N4O3S2. The van der Waals surface area contributed by atoms with E-state index in [0.717, 1.165) is 36.8 Å². The Balaban J connectivity index is 1.66. The minimum atomic E-state index is -3.33. The summed E-state index contributed by atoms with van der Waals surface area (Å²) >= 11 is 1.41. The van der Waals surface area contributed by atoms with Crippen molar-refractivity contribution in [3.8, 4) is 0 Å². The lowest BCUT2D eigenvalue weighted by Gasteiger charge is -2.20. The number of carbonyl (C=O) groups is 1. The first kappa shape index (κ1) is 19.9. The monoisotopic (exact) mass is 408 g/mol. The summed E-state index contributed by atoms with van der Waals surface area (Å²) in [7, 11) is -3.33. The first-order valence-electron chi connectivity index (χ1n) is 9.06. The van der Waals surface area contributed by atoms with Gasteiger partial charge >= 0.3 is 0 Å². The number of hydrogen-bond acceptors (Lipinski definition) is 6. The van der Waals surface area contributed by atoms with Gasteiger partial charge < -0.3 is 4.57 Å². The number of carbonyl (C=O) groups excluding carboxylic acids is 1. The average Bonchev–Trinajstić information content (AvgIpc) is 2.86. The number of Topliss-reactive ketones (excluding diaryl/α,β-unsaturated/α-hetero) is 1. The Kier molecular flexibility index (Phi) is 6.21. The summed E-state index contributed by atoms with van der Waals surface area (Å²) in [5.74, 6) is 1.27. The first-order chi connectivity index (χ1) is 12.9. The maximum atomic E-state index is 12.5. The van der Waals surface area contributed by atoms with Gasteiger partial charge in [-0.05, 0) is 44.0 Å². The highest BCUT2D eigenvalue weighted by Crippen LogP contribution is 2.23. The minimum absolute atomic E-state index is 0.0140. The molecule has 146 valence electrons. The van der Waals surface area contributed by atoms with Gasteiger partial charge in [0, 0.05) is 25.1 Å². The number of thioether (sulfide) groups is 1. The molecule has 1 aromatic carbocycles. The fourth-order valence-electron chi connectivity index (χ4n) is 3.20. The quantitative estimate of drug-likeness (QED) is 0.517. The summed E-state index contributed by atoms with van der Waals surface area (Å²) in [4.78, 5) is 12.5. The van der Waals surface area contributed by atoms with Crippen LogP contribution in [-0.2, 0) is 23.0 Å². The number of nitrogens with zero attached hydrogens (tertiary/aromatic N) is 4. The second-order valence-electron chi connectivity index (χ2n) is 6.55. The molecule has 9 heteroatoms. The van der Waals surface area contributed by atoms with Crippen LogP contribution >= 0.6 is 11.8 Å². The topological polar surface area (TPSA) is 85.2 Å². The van der Waals surface area contributed by atoms with E-state index in [9.17, 15) is 13.2 Å². The zero-order valence-electron chi connectivity index (χ0n) is 15.6. The van der Waals surface area contributed by atoms with Crippen LogP contribution in [0.5, 0.6) is 0 Å². The summed E-state index contributed by atoms with van der Waals surface area (Å²) in [6, 6.07) is 6.70. The van der Waals surface area contributed by atoms with Crippen molar-refractivity contribution >= 4 is 33.3 Å². The van der Waals surface area contributed by atoms with E-state index in [2.05, 4.69) is 14.8 Å². The van der Waals surface area contributed by atoms with Crippen molar-refractivity contribution in [2.45, 2.75) is 44.3 Å². The summed E-state index contributed by atoms with van der Waals surface area (Å²) in [5.41, 5.74) is 1.12. The molecule has 0 unspecified atom stereocenters. The Morgan fingerprint density at radius 3 is 2.59 bits per heavy atom. The lowest BCUT2D eigenvalue weighted by molar-refractivity contribution is 0.102. The molecule has 0 amide bonds. The van der Waals surface area contributed by atoms with Crippen LogP contribution in [0.4, 0.5) is 5.69 Å². The van der Waals surface area contributed by atoms with Crippen molar-refractivity contribution in [1.82, 2.24) is 14.8 Å². The minimum Gasteiger partial charge on any atom is -0.306 e. The molecule has 1 aromatic heterocycles. The van der Waals surface area contributed by atoms with E-state index in [1.807, 2.05) is 0 Å². The third-order valence-corrected chi connectivity index (χ3v) is 6.81. The van der Waals surface area contributed by atoms with Crippen LogP contribution in [0.3, 0.4) is 0 Å². The molecule has 0 N–H and O–H groups in total. The van der Waals surface area contributed by atoms with Crippen LogP contribution in [0.1, 0.15) is 42.4 Å². The summed E-state index contributed by atoms with van der Waals surface area (Å²) in [5, 5.41) is 9.28. The van der Waals surface area contributed by atoms with Crippen molar-refractivity contribution < 1.29 is 13.2 Å². The highest BCUT2D eigenvalue weighted by atomic mass is 32.2. The van der Waals surface area contributed by atoms with E-state index in [1.165, 1.54) is 28.7 Å². The number of ketones is 1. The summed E-state index contributed by atoms with van der Waals surface area (Å²) in [6.45, 7) is 3.03. The number of aromatic nitrogens is 3. The number of anilines is 1. The van der Waals surface area contributed by atoms with Gasteiger partial charge in [0.15, 0.2) is 10.9 Å². The third-order valence-electron chi connectivity index (χ3n) is 4.57. The van der Waals surface area contributed by atoms with Gasteiger partial charge in [-0.25, -0.2) is 8.42 Å². The molecule has 2 heterocycles. The first-order valence-corrected chi connectivity index (χ1v) is 11.9. The number of hydrogen-bond donors (Lipinski definition) is 0. The highest BCUT2D eigenvalue weighted by molar-refractivity contribution is 7.99. The van der Waals surface area contributed by atoms with Crippen LogP contribution in [0.15, 0.2) is 29.4 Å². The molecule has 0 atom stereocenters. The number of aryl methyl sites for hydroxylation is 1. The molecule has 0 radical (unpaired) electrons. The van der Waals surface area contributed by atoms with Crippen molar-refractivity contribution in [3.05, 3.63) is 35.7 Å². The van der Waals surface area contributed by atoms with Crippen molar-refractivity contribution in [2.24, 2.45) is 0 Å². The molecule has 1 aliphatic heterocycles. The maximum Gasteiger partial charge on any atom is 0.232 e. The predicted octanol–water partition coefficient (Wildman–Crippen LogP) is 2.77. The van der Waals surface area contributed by atoms with Crippen LogP contribution < -0.4 is 4.31 Å². The number of sulfonamides is 1. The van der Waals surface area contributed by atoms with Gasteiger partial charge in [0.05, 0.1) is 17.7 Å². The van der Waals surface area contributed by atoms with E-state index in [-0.39, 0.29) is 11.5 Å². The largest absolute Gasteiger partial charge is 0.306 e. The lowest BCUT2D eigenvalue weighted by atomic mass is 10.1. The fourth-order valence-corrected chi connectivity index (χ4v) is 5.05. The standard InChI is InChI=1S/C18H24N4O3S2/c1-3-22(27(2,24)25)15-10-8-14(9-11-15)16(23)13-26-18-20-19-17-7-5-4-6-12-21(17)18/h8-11H,3-7,12-13H2,1-2H3. The Bertz CT molecular complexity index is 907. The molecule has 7 nitrogen and oxygen atoms in total. The molecule has 3 rings (SSSR count). The Hall–Kier alpha value is -1.87.